The summed E-state index contributed by atoms with van der Waals surface area (Å²) < 4.78 is 29.2. The van der Waals surface area contributed by atoms with Crippen molar-refractivity contribution in [2.24, 2.45) is 0 Å². The van der Waals surface area contributed by atoms with Crippen LogP contribution in [-0.2, 0) is 0 Å². The van der Waals surface area contributed by atoms with Crippen molar-refractivity contribution in [1.82, 2.24) is 0 Å². The predicted molar refractivity (Wildman–Crippen MR) is 42.6 cm³/mol. The van der Waals surface area contributed by atoms with Gasteiger partial charge >= 0.3 is 0 Å². The van der Waals surface area contributed by atoms with Crippen molar-refractivity contribution in [3.8, 4) is 5.75 Å². The lowest BCUT2D eigenvalue weighted by Gasteiger charge is -2.03. The van der Waals surface area contributed by atoms with Crippen LogP contribution >= 0.6 is 0 Å². The van der Waals surface area contributed by atoms with Gasteiger partial charge in [0.05, 0.1) is 6.61 Å². The Hall–Kier alpha value is -1.12. The molecule has 0 amide bonds. The third-order valence-electron chi connectivity index (χ3n) is 1.44. The standard InChI is InChI=1S/C9H10F2O/c1-2-12-8-5-3-7(4-6-8)9(10)11/h3-6,9H,2H2,1H3. The van der Waals surface area contributed by atoms with Gasteiger partial charge in [0.25, 0.3) is 6.43 Å². The summed E-state index contributed by atoms with van der Waals surface area (Å²) in [6.45, 7) is 2.40. The molecule has 0 radical (unpaired) electrons. The van der Waals surface area contributed by atoms with Crippen molar-refractivity contribution in [3.05, 3.63) is 29.8 Å². The molecule has 1 rings (SSSR count). The average Bonchev–Trinajstić information content (AvgIpc) is 2.06. The lowest BCUT2D eigenvalue weighted by atomic mass is 10.2. The van der Waals surface area contributed by atoms with Crippen LogP contribution in [-0.4, -0.2) is 6.61 Å². The zero-order chi connectivity index (χ0) is 8.97. The van der Waals surface area contributed by atoms with E-state index in [0.29, 0.717) is 12.4 Å². The summed E-state index contributed by atoms with van der Waals surface area (Å²) in [5.41, 5.74) is 0.0263. The van der Waals surface area contributed by atoms with Crippen LogP contribution in [0.15, 0.2) is 24.3 Å². The Kier molecular flexibility index (Phi) is 3.02. The van der Waals surface area contributed by atoms with E-state index in [1.807, 2.05) is 6.92 Å². The smallest absolute Gasteiger partial charge is 0.263 e. The molecular weight excluding hydrogens is 162 g/mol. The third kappa shape index (κ3) is 2.19. The Balaban J connectivity index is 2.71. The molecule has 0 saturated carbocycles. The highest BCUT2D eigenvalue weighted by molar-refractivity contribution is 5.27. The maximum atomic E-state index is 12.0. The zero-order valence-electron chi connectivity index (χ0n) is 6.76. The number of halogens is 2. The Bertz CT molecular complexity index is 231. The highest BCUT2D eigenvalue weighted by atomic mass is 19.3. The molecule has 0 bridgehead atoms. The summed E-state index contributed by atoms with van der Waals surface area (Å²) in [5.74, 6) is 0.627. The quantitative estimate of drug-likeness (QED) is 0.680. The van der Waals surface area contributed by atoms with Gasteiger partial charge in [0, 0.05) is 5.56 Å². The third-order valence-corrected chi connectivity index (χ3v) is 1.44. The molecular formula is C9H10F2O. The van der Waals surface area contributed by atoms with Crippen LogP contribution in [0.5, 0.6) is 5.75 Å². The SMILES string of the molecule is CCOc1ccc(C(F)F)cc1. The van der Waals surface area contributed by atoms with Crippen molar-refractivity contribution in [2.75, 3.05) is 6.61 Å². The lowest BCUT2D eigenvalue weighted by molar-refractivity contribution is 0.151. The second-order valence-electron chi connectivity index (χ2n) is 2.30. The van der Waals surface area contributed by atoms with E-state index in [2.05, 4.69) is 0 Å². The summed E-state index contributed by atoms with van der Waals surface area (Å²) in [5, 5.41) is 0. The maximum absolute atomic E-state index is 12.0. The molecule has 0 fully saturated rings. The van der Waals surface area contributed by atoms with Gasteiger partial charge < -0.3 is 4.74 Å². The lowest BCUT2D eigenvalue weighted by Crippen LogP contribution is -1.91. The molecule has 0 saturated heterocycles. The molecule has 0 aliphatic rings. The van der Waals surface area contributed by atoms with E-state index in [0.717, 1.165) is 0 Å². The summed E-state index contributed by atoms with van der Waals surface area (Å²) in [6.07, 6.45) is -2.40. The summed E-state index contributed by atoms with van der Waals surface area (Å²) in [6, 6.07) is 5.83. The van der Waals surface area contributed by atoms with E-state index in [1.54, 1.807) is 12.1 Å². The topological polar surface area (TPSA) is 9.23 Å². The molecule has 0 heterocycles. The van der Waals surface area contributed by atoms with E-state index >= 15 is 0 Å². The minimum absolute atomic E-state index is 0.0263. The molecule has 0 atom stereocenters. The van der Waals surface area contributed by atoms with E-state index in [9.17, 15) is 8.78 Å². The van der Waals surface area contributed by atoms with Crippen molar-refractivity contribution in [2.45, 2.75) is 13.3 Å². The molecule has 0 aliphatic carbocycles. The minimum Gasteiger partial charge on any atom is -0.494 e. The average molecular weight is 172 g/mol. The Morgan fingerprint density at radius 1 is 1.25 bits per heavy atom. The van der Waals surface area contributed by atoms with Gasteiger partial charge in [-0.2, -0.15) is 0 Å². The molecule has 1 aromatic carbocycles. The van der Waals surface area contributed by atoms with Crippen LogP contribution < -0.4 is 4.74 Å². The fourth-order valence-corrected chi connectivity index (χ4v) is 0.876. The number of hydrogen-bond acceptors (Lipinski definition) is 1. The van der Waals surface area contributed by atoms with Gasteiger partial charge in [0.2, 0.25) is 0 Å². The maximum Gasteiger partial charge on any atom is 0.263 e. The first-order valence-corrected chi connectivity index (χ1v) is 3.75. The molecule has 1 aromatic rings. The van der Waals surface area contributed by atoms with E-state index in [4.69, 9.17) is 4.74 Å². The molecule has 0 aliphatic heterocycles. The first-order valence-electron chi connectivity index (χ1n) is 3.75. The summed E-state index contributed by atoms with van der Waals surface area (Å²) in [4.78, 5) is 0. The van der Waals surface area contributed by atoms with E-state index in [-0.39, 0.29) is 5.56 Å². The molecule has 0 aromatic heterocycles. The van der Waals surface area contributed by atoms with Crippen LogP contribution in [0.3, 0.4) is 0 Å². The first-order chi connectivity index (χ1) is 5.74. The number of ether oxygens (including phenoxy) is 1. The molecule has 0 spiro atoms. The molecule has 0 N–H and O–H groups in total. The summed E-state index contributed by atoms with van der Waals surface area (Å²) in [7, 11) is 0. The van der Waals surface area contributed by atoms with Crippen molar-refractivity contribution >= 4 is 0 Å². The monoisotopic (exact) mass is 172 g/mol. The van der Waals surface area contributed by atoms with Crippen LogP contribution in [0.25, 0.3) is 0 Å². The number of rotatable bonds is 3. The zero-order valence-corrected chi connectivity index (χ0v) is 6.76. The predicted octanol–water partition coefficient (Wildman–Crippen LogP) is 3.02. The highest BCUT2D eigenvalue weighted by Crippen LogP contribution is 2.21. The second kappa shape index (κ2) is 4.04. The van der Waals surface area contributed by atoms with E-state index < -0.39 is 6.43 Å². The van der Waals surface area contributed by atoms with Gasteiger partial charge in [0.15, 0.2) is 0 Å². The normalized spacial score (nSPS) is 10.3. The van der Waals surface area contributed by atoms with Crippen LogP contribution in [0.4, 0.5) is 8.78 Å². The molecule has 0 unspecified atom stereocenters. The second-order valence-corrected chi connectivity index (χ2v) is 2.30. The Labute approximate surface area is 70.0 Å². The van der Waals surface area contributed by atoms with Gasteiger partial charge in [-0.1, -0.05) is 0 Å². The van der Waals surface area contributed by atoms with Crippen LogP contribution in [0.2, 0.25) is 0 Å². The molecule has 3 heteroatoms. The van der Waals surface area contributed by atoms with Gasteiger partial charge in [-0.15, -0.1) is 0 Å². The molecule has 66 valence electrons. The van der Waals surface area contributed by atoms with Crippen molar-refractivity contribution < 1.29 is 13.5 Å². The van der Waals surface area contributed by atoms with Crippen LogP contribution in [0, 0.1) is 0 Å². The molecule has 12 heavy (non-hydrogen) atoms. The summed E-state index contributed by atoms with van der Waals surface area (Å²) >= 11 is 0. The van der Waals surface area contributed by atoms with E-state index in [1.165, 1.54) is 12.1 Å². The largest absolute Gasteiger partial charge is 0.494 e. The number of benzene rings is 1. The van der Waals surface area contributed by atoms with Gasteiger partial charge in [0.1, 0.15) is 5.75 Å². The van der Waals surface area contributed by atoms with Crippen LogP contribution in [0.1, 0.15) is 18.9 Å². The highest BCUT2D eigenvalue weighted by Gasteiger charge is 2.05. The van der Waals surface area contributed by atoms with Gasteiger partial charge in [-0.3, -0.25) is 0 Å². The fraction of sp³-hybridized carbons (Fsp3) is 0.333. The van der Waals surface area contributed by atoms with Crippen molar-refractivity contribution in [1.29, 1.82) is 0 Å². The fourth-order valence-electron chi connectivity index (χ4n) is 0.876. The Morgan fingerprint density at radius 3 is 2.25 bits per heavy atom. The minimum atomic E-state index is -2.40. The number of hydrogen-bond donors (Lipinski definition) is 0. The van der Waals surface area contributed by atoms with Gasteiger partial charge in [-0.05, 0) is 31.2 Å². The molecule has 1 nitrogen and oxygen atoms in total. The first kappa shape index (κ1) is 8.97. The Morgan fingerprint density at radius 2 is 1.83 bits per heavy atom. The number of alkyl halides is 2. The van der Waals surface area contributed by atoms with Gasteiger partial charge in [-0.25, -0.2) is 8.78 Å². The van der Waals surface area contributed by atoms with Crippen molar-refractivity contribution in [3.63, 3.8) is 0 Å².